The van der Waals surface area contributed by atoms with E-state index in [-0.39, 0.29) is 17.1 Å². The Bertz CT molecular complexity index is 1100. The first-order valence-electron chi connectivity index (χ1n) is 7.70. The molecule has 0 aliphatic rings. The summed E-state index contributed by atoms with van der Waals surface area (Å²) in [6.07, 6.45) is 1.44. The van der Waals surface area contributed by atoms with E-state index in [2.05, 4.69) is 5.32 Å². The Morgan fingerprint density at radius 2 is 1.68 bits per heavy atom. The van der Waals surface area contributed by atoms with Crippen molar-refractivity contribution >= 4 is 32.3 Å². The van der Waals surface area contributed by atoms with E-state index in [4.69, 9.17) is 4.42 Å². The lowest BCUT2D eigenvalue weighted by Crippen LogP contribution is -2.15. The molecule has 2 heterocycles. The number of carbonyl (C=O) groups is 1. The number of hydrogen-bond acceptors (Lipinski definition) is 4. The summed E-state index contributed by atoms with van der Waals surface area (Å²) >= 11 is 1.37. The molecule has 122 valence electrons. The summed E-state index contributed by atoms with van der Waals surface area (Å²) in [6.45, 7) is 0. The lowest BCUT2D eigenvalue weighted by Gasteiger charge is -2.11. The molecule has 4 rings (SSSR count). The minimum atomic E-state index is -0.381. The SMILES string of the molecule is O=C(Nc1sc2ccccc2c(=O)c1-c1ccccc1)c1ccco1. The van der Waals surface area contributed by atoms with Crippen LogP contribution < -0.4 is 10.7 Å². The van der Waals surface area contributed by atoms with Crippen LogP contribution in [0.25, 0.3) is 21.2 Å². The number of carbonyl (C=O) groups excluding carboxylic acids is 1. The van der Waals surface area contributed by atoms with Gasteiger partial charge in [0, 0.05) is 10.1 Å². The number of furan rings is 1. The number of fused-ring (bicyclic) bond motifs is 1. The third kappa shape index (κ3) is 2.86. The van der Waals surface area contributed by atoms with Crippen LogP contribution >= 0.6 is 11.3 Å². The average molecular weight is 347 g/mol. The molecule has 0 aliphatic heterocycles. The monoisotopic (exact) mass is 347 g/mol. The van der Waals surface area contributed by atoms with E-state index < -0.39 is 0 Å². The second kappa shape index (κ2) is 6.37. The molecular weight excluding hydrogens is 334 g/mol. The minimum Gasteiger partial charge on any atom is -0.459 e. The summed E-state index contributed by atoms with van der Waals surface area (Å²) < 4.78 is 5.97. The van der Waals surface area contributed by atoms with E-state index in [1.165, 1.54) is 17.6 Å². The Hall–Kier alpha value is -3.18. The normalized spacial score (nSPS) is 10.7. The molecule has 4 aromatic rings. The van der Waals surface area contributed by atoms with Crippen LogP contribution in [0.4, 0.5) is 5.00 Å². The molecule has 2 aromatic heterocycles. The van der Waals surface area contributed by atoms with Crippen LogP contribution in [0.1, 0.15) is 10.6 Å². The molecule has 25 heavy (non-hydrogen) atoms. The molecule has 0 saturated heterocycles. The summed E-state index contributed by atoms with van der Waals surface area (Å²) in [5.74, 6) is -0.181. The maximum absolute atomic E-state index is 13.0. The van der Waals surface area contributed by atoms with Gasteiger partial charge in [-0.2, -0.15) is 0 Å². The first-order chi connectivity index (χ1) is 12.2. The molecule has 5 heteroatoms. The maximum atomic E-state index is 13.0. The van der Waals surface area contributed by atoms with Crippen LogP contribution in [0.5, 0.6) is 0 Å². The fourth-order valence-corrected chi connectivity index (χ4v) is 3.76. The molecule has 0 radical (unpaired) electrons. The average Bonchev–Trinajstić information content (AvgIpc) is 3.18. The number of rotatable bonds is 3. The summed E-state index contributed by atoms with van der Waals surface area (Å²) in [4.78, 5) is 25.5. The van der Waals surface area contributed by atoms with Gasteiger partial charge in [0.25, 0.3) is 5.91 Å². The van der Waals surface area contributed by atoms with E-state index in [9.17, 15) is 9.59 Å². The van der Waals surface area contributed by atoms with E-state index in [1.54, 1.807) is 18.2 Å². The van der Waals surface area contributed by atoms with Crippen molar-refractivity contribution in [3.63, 3.8) is 0 Å². The van der Waals surface area contributed by atoms with Crippen LogP contribution in [-0.4, -0.2) is 5.91 Å². The van der Waals surface area contributed by atoms with Gasteiger partial charge in [0.05, 0.1) is 11.8 Å². The second-order valence-corrected chi connectivity index (χ2v) is 6.48. The van der Waals surface area contributed by atoms with Crippen molar-refractivity contribution in [1.82, 2.24) is 0 Å². The van der Waals surface area contributed by atoms with Gasteiger partial charge in [-0.1, -0.05) is 42.5 Å². The van der Waals surface area contributed by atoms with Gasteiger partial charge < -0.3 is 9.73 Å². The molecule has 2 aromatic carbocycles. The van der Waals surface area contributed by atoms with Crippen LogP contribution in [0.2, 0.25) is 0 Å². The van der Waals surface area contributed by atoms with Crippen molar-refractivity contribution in [1.29, 1.82) is 0 Å². The van der Waals surface area contributed by atoms with Gasteiger partial charge in [0.2, 0.25) is 0 Å². The lowest BCUT2D eigenvalue weighted by molar-refractivity contribution is 0.0997. The van der Waals surface area contributed by atoms with E-state index >= 15 is 0 Å². The molecule has 0 bridgehead atoms. The van der Waals surface area contributed by atoms with Crippen LogP contribution in [0, 0.1) is 0 Å². The summed E-state index contributed by atoms with van der Waals surface area (Å²) in [5.41, 5.74) is 1.16. The largest absolute Gasteiger partial charge is 0.459 e. The molecule has 0 aliphatic carbocycles. The number of nitrogens with one attached hydrogen (secondary N) is 1. The van der Waals surface area contributed by atoms with E-state index in [0.717, 1.165) is 10.3 Å². The van der Waals surface area contributed by atoms with E-state index in [1.807, 2.05) is 48.5 Å². The Labute approximate surface area is 147 Å². The first kappa shape index (κ1) is 15.4. The van der Waals surface area contributed by atoms with E-state index in [0.29, 0.717) is 16.0 Å². The van der Waals surface area contributed by atoms with Crippen molar-refractivity contribution in [3.8, 4) is 11.1 Å². The van der Waals surface area contributed by atoms with Gasteiger partial charge >= 0.3 is 0 Å². The highest BCUT2D eigenvalue weighted by molar-refractivity contribution is 7.22. The quantitative estimate of drug-likeness (QED) is 0.580. The van der Waals surface area contributed by atoms with Crippen molar-refractivity contribution in [2.75, 3.05) is 5.32 Å². The molecule has 4 nitrogen and oxygen atoms in total. The molecule has 0 unspecified atom stereocenters. The van der Waals surface area contributed by atoms with Crippen molar-refractivity contribution in [3.05, 3.63) is 89.0 Å². The summed E-state index contributed by atoms with van der Waals surface area (Å²) in [7, 11) is 0. The molecule has 1 amide bonds. The van der Waals surface area contributed by atoms with Gasteiger partial charge in [-0.15, -0.1) is 11.3 Å². The second-order valence-electron chi connectivity index (χ2n) is 5.43. The smallest absolute Gasteiger partial charge is 0.291 e. The fraction of sp³-hybridized carbons (Fsp3) is 0. The first-order valence-corrected chi connectivity index (χ1v) is 8.52. The van der Waals surface area contributed by atoms with Crippen LogP contribution in [0.3, 0.4) is 0 Å². The Morgan fingerprint density at radius 1 is 0.920 bits per heavy atom. The predicted octanol–water partition coefficient (Wildman–Crippen LogP) is 4.77. The number of anilines is 1. The lowest BCUT2D eigenvalue weighted by atomic mass is 10.1. The number of hydrogen-bond donors (Lipinski definition) is 1. The Balaban J connectivity index is 1.92. The van der Waals surface area contributed by atoms with Gasteiger partial charge in [0.1, 0.15) is 5.00 Å². The van der Waals surface area contributed by atoms with Crippen molar-refractivity contribution in [2.24, 2.45) is 0 Å². The Morgan fingerprint density at radius 3 is 2.44 bits per heavy atom. The standard InChI is InChI=1S/C20H13NO3S/c22-18-14-9-4-5-11-16(14)25-20(17(18)13-7-2-1-3-8-13)21-19(23)15-10-6-12-24-15/h1-12H,(H,21,23). The zero-order valence-corrected chi connectivity index (χ0v) is 13.9. The predicted molar refractivity (Wildman–Crippen MR) is 100 cm³/mol. The maximum Gasteiger partial charge on any atom is 0.291 e. The third-order valence-electron chi connectivity index (χ3n) is 3.83. The van der Waals surface area contributed by atoms with Crippen LogP contribution in [0.15, 0.2) is 82.2 Å². The highest BCUT2D eigenvalue weighted by Crippen LogP contribution is 2.33. The molecular formula is C20H13NO3S. The summed E-state index contributed by atoms with van der Waals surface area (Å²) in [6, 6.07) is 20.0. The molecule has 0 saturated carbocycles. The van der Waals surface area contributed by atoms with Crippen molar-refractivity contribution in [2.45, 2.75) is 0 Å². The summed E-state index contributed by atoms with van der Waals surface area (Å²) in [5, 5.41) is 3.98. The highest BCUT2D eigenvalue weighted by Gasteiger charge is 2.18. The van der Waals surface area contributed by atoms with Gasteiger partial charge in [0.15, 0.2) is 11.2 Å². The molecule has 0 atom stereocenters. The van der Waals surface area contributed by atoms with Crippen LogP contribution in [-0.2, 0) is 0 Å². The van der Waals surface area contributed by atoms with Gasteiger partial charge in [-0.25, -0.2) is 0 Å². The zero-order chi connectivity index (χ0) is 17.2. The zero-order valence-electron chi connectivity index (χ0n) is 13.1. The number of benzene rings is 2. The minimum absolute atomic E-state index is 0.102. The third-order valence-corrected chi connectivity index (χ3v) is 4.92. The highest BCUT2D eigenvalue weighted by atomic mass is 32.1. The number of amides is 1. The fourth-order valence-electron chi connectivity index (χ4n) is 2.67. The topological polar surface area (TPSA) is 59.3 Å². The van der Waals surface area contributed by atoms with Gasteiger partial charge in [-0.3, -0.25) is 9.59 Å². The molecule has 1 N–H and O–H groups in total. The van der Waals surface area contributed by atoms with Gasteiger partial charge in [-0.05, 0) is 29.8 Å². The van der Waals surface area contributed by atoms with Crippen molar-refractivity contribution < 1.29 is 9.21 Å². The molecule has 0 fully saturated rings. The molecule has 0 spiro atoms. The Kier molecular flexibility index (Phi) is 3.91.